The van der Waals surface area contributed by atoms with E-state index in [1.807, 2.05) is 0 Å². The third-order valence-electron chi connectivity index (χ3n) is 5.85. The molecule has 0 bridgehead atoms. The summed E-state index contributed by atoms with van der Waals surface area (Å²) in [6.07, 6.45) is 16.8. The molecular formula is C20H34O2. The molecule has 0 aliphatic heterocycles. The molecule has 0 aromatic heterocycles. The molecule has 2 saturated carbocycles. The highest BCUT2D eigenvalue weighted by molar-refractivity contribution is 5.71. The van der Waals surface area contributed by atoms with Gasteiger partial charge >= 0.3 is 5.97 Å². The van der Waals surface area contributed by atoms with E-state index >= 15 is 0 Å². The molecule has 0 heterocycles. The van der Waals surface area contributed by atoms with Crippen molar-refractivity contribution in [2.75, 3.05) is 0 Å². The summed E-state index contributed by atoms with van der Waals surface area (Å²) in [5.41, 5.74) is 0. The van der Waals surface area contributed by atoms with Crippen molar-refractivity contribution >= 4 is 5.97 Å². The highest BCUT2D eigenvalue weighted by Crippen LogP contribution is 2.41. The molecule has 0 aromatic rings. The van der Waals surface area contributed by atoms with Crippen molar-refractivity contribution in [1.29, 1.82) is 0 Å². The summed E-state index contributed by atoms with van der Waals surface area (Å²) in [4.78, 5) is 11.5. The number of carbonyl (C=O) groups excluding carboxylic acids is 1. The van der Waals surface area contributed by atoms with Crippen LogP contribution in [0.15, 0.2) is 12.7 Å². The fourth-order valence-corrected chi connectivity index (χ4v) is 4.47. The lowest BCUT2D eigenvalue weighted by atomic mass is 9.70. The number of esters is 1. The summed E-state index contributed by atoms with van der Waals surface area (Å²) < 4.78 is 5.52. The smallest absolute Gasteiger partial charge is 0.309 e. The van der Waals surface area contributed by atoms with Crippen molar-refractivity contribution in [3.8, 4) is 0 Å². The highest BCUT2D eigenvalue weighted by atomic mass is 16.5. The zero-order valence-corrected chi connectivity index (χ0v) is 14.4. The maximum absolute atomic E-state index is 11.5. The Labute approximate surface area is 136 Å². The molecule has 0 saturated heterocycles. The molecule has 2 rings (SSSR count). The molecule has 22 heavy (non-hydrogen) atoms. The fraction of sp³-hybridized carbons (Fsp3) is 0.850. The van der Waals surface area contributed by atoms with E-state index < -0.39 is 0 Å². The van der Waals surface area contributed by atoms with Gasteiger partial charge in [-0.15, -0.1) is 6.58 Å². The van der Waals surface area contributed by atoms with Gasteiger partial charge in [0.1, 0.15) is 6.10 Å². The molecule has 126 valence electrons. The first-order chi connectivity index (χ1) is 10.7. The minimum Gasteiger partial charge on any atom is -0.462 e. The van der Waals surface area contributed by atoms with Crippen molar-refractivity contribution in [3.63, 3.8) is 0 Å². The molecule has 2 nitrogen and oxygen atoms in total. The third-order valence-corrected chi connectivity index (χ3v) is 5.85. The lowest BCUT2D eigenvalue weighted by molar-refractivity contribution is -0.150. The SMILES string of the molecule is C=CCC(=O)OC1CCC(C2CCC(CCCC)CC2)CC1. The lowest BCUT2D eigenvalue weighted by Crippen LogP contribution is -2.29. The van der Waals surface area contributed by atoms with E-state index in [4.69, 9.17) is 4.74 Å². The molecule has 2 heteroatoms. The fourth-order valence-electron chi connectivity index (χ4n) is 4.47. The van der Waals surface area contributed by atoms with Crippen molar-refractivity contribution in [3.05, 3.63) is 12.7 Å². The van der Waals surface area contributed by atoms with Crippen LogP contribution in [0.5, 0.6) is 0 Å². The maximum Gasteiger partial charge on any atom is 0.309 e. The number of ether oxygens (including phenoxy) is 1. The van der Waals surface area contributed by atoms with Crippen LogP contribution < -0.4 is 0 Å². The van der Waals surface area contributed by atoms with Gasteiger partial charge in [-0.25, -0.2) is 0 Å². The van der Waals surface area contributed by atoms with Crippen LogP contribution in [-0.2, 0) is 9.53 Å². The summed E-state index contributed by atoms with van der Waals surface area (Å²) in [6, 6.07) is 0. The van der Waals surface area contributed by atoms with Gasteiger partial charge in [-0.2, -0.15) is 0 Å². The Hall–Kier alpha value is -0.790. The molecule has 2 aliphatic carbocycles. The predicted molar refractivity (Wildman–Crippen MR) is 91.6 cm³/mol. The zero-order valence-electron chi connectivity index (χ0n) is 14.4. The highest BCUT2D eigenvalue weighted by Gasteiger charge is 2.31. The first-order valence-electron chi connectivity index (χ1n) is 9.53. The van der Waals surface area contributed by atoms with E-state index in [0.717, 1.165) is 30.6 Å². The summed E-state index contributed by atoms with van der Waals surface area (Å²) in [6.45, 7) is 5.89. The Kier molecular flexibility index (Phi) is 7.48. The average Bonchev–Trinajstić information content (AvgIpc) is 2.54. The van der Waals surface area contributed by atoms with Gasteiger partial charge in [0.05, 0.1) is 6.42 Å². The number of rotatable bonds is 7. The Bertz CT molecular complexity index is 334. The van der Waals surface area contributed by atoms with Gasteiger partial charge in [-0.3, -0.25) is 4.79 Å². The van der Waals surface area contributed by atoms with Gasteiger partial charge in [-0.1, -0.05) is 45.1 Å². The van der Waals surface area contributed by atoms with Crippen LogP contribution in [-0.4, -0.2) is 12.1 Å². The van der Waals surface area contributed by atoms with Crippen molar-refractivity contribution in [2.45, 2.75) is 90.1 Å². The Morgan fingerprint density at radius 1 is 1.05 bits per heavy atom. The molecule has 0 aromatic carbocycles. The van der Waals surface area contributed by atoms with Crippen molar-refractivity contribution < 1.29 is 9.53 Å². The largest absolute Gasteiger partial charge is 0.462 e. The van der Waals surface area contributed by atoms with Gasteiger partial charge in [0.15, 0.2) is 0 Å². The number of hydrogen-bond acceptors (Lipinski definition) is 2. The Morgan fingerprint density at radius 2 is 1.64 bits per heavy atom. The van der Waals surface area contributed by atoms with E-state index in [1.165, 1.54) is 57.8 Å². The van der Waals surface area contributed by atoms with Crippen LogP contribution in [0.25, 0.3) is 0 Å². The summed E-state index contributed by atoms with van der Waals surface area (Å²) in [5.74, 6) is 2.74. The standard InChI is InChI=1S/C20H34O2/c1-3-5-7-16-8-10-17(11-9-16)18-12-14-19(15-13-18)22-20(21)6-4-2/h4,16-19H,2-3,5-15H2,1H3. The van der Waals surface area contributed by atoms with Crippen LogP contribution in [0, 0.1) is 17.8 Å². The second kappa shape index (κ2) is 9.37. The van der Waals surface area contributed by atoms with Crippen LogP contribution in [0.2, 0.25) is 0 Å². The van der Waals surface area contributed by atoms with Gasteiger partial charge < -0.3 is 4.74 Å². The molecule has 0 amide bonds. The maximum atomic E-state index is 11.5. The monoisotopic (exact) mass is 306 g/mol. The predicted octanol–water partition coefficient (Wildman–Crippen LogP) is 5.66. The van der Waals surface area contributed by atoms with E-state index in [1.54, 1.807) is 6.08 Å². The van der Waals surface area contributed by atoms with E-state index in [9.17, 15) is 4.79 Å². The van der Waals surface area contributed by atoms with Gasteiger partial charge in [0, 0.05) is 0 Å². The van der Waals surface area contributed by atoms with Crippen molar-refractivity contribution in [1.82, 2.24) is 0 Å². The zero-order chi connectivity index (χ0) is 15.8. The average molecular weight is 306 g/mol. The number of carbonyl (C=O) groups is 1. The summed E-state index contributed by atoms with van der Waals surface area (Å²) in [7, 11) is 0. The molecule has 2 aliphatic rings. The Morgan fingerprint density at radius 3 is 2.18 bits per heavy atom. The first-order valence-corrected chi connectivity index (χ1v) is 9.53. The van der Waals surface area contributed by atoms with E-state index in [2.05, 4.69) is 13.5 Å². The minimum atomic E-state index is -0.102. The van der Waals surface area contributed by atoms with Crippen LogP contribution in [0.1, 0.15) is 84.0 Å². The van der Waals surface area contributed by atoms with E-state index in [0.29, 0.717) is 6.42 Å². The van der Waals surface area contributed by atoms with Gasteiger partial charge in [-0.05, 0) is 56.3 Å². The molecule has 2 fully saturated rings. The first kappa shape index (κ1) is 17.6. The quantitative estimate of drug-likeness (QED) is 0.448. The topological polar surface area (TPSA) is 26.3 Å². The lowest BCUT2D eigenvalue weighted by Gasteiger charge is -2.37. The molecule has 0 N–H and O–H groups in total. The third kappa shape index (κ3) is 5.44. The second-order valence-electron chi connectivity index (χ2n) is 7.44. The minimum absolute atomic E-state index is 0.102. The number of unbranched alkanes of at least 4 members (excludes halogenated alkanes) is 1. The van der Waals surface area contributed by atoms with Crippen molar-refractivity contribution in [2.24, 2.45) is 17.8 Å². The summed E-state index contributed by atoms with van der Waals surface area (Å²) >= 11 is 0. The second-order valence-corrected chi connectivity index (χ2v) is 7.44. The molecule has 0 unspecified atom stereocenters. The molecule has 0 atom stereocenters. The molecule has 0 spiro atoms. The van der Waals surface area contributed by atoms with Crippen LogP contribution >= 0.6 is 0 Å². The summed E-state index contributed by atoms with van der Waals surface area (Å²) in [5, 5.41) is 0. The molecular weight excluding hydrogens is 272 g/mol. The normalized spacial score (nSPS) is 32.4. The number of hydrogen-bond donors (Lipinski definition) is 0. The van der Waals surface area contributed by atoms with Crippen LogP contribution in [0.3, 0.4) is 0 Å². The van der Waals surface area contributed by atoms with Gasteiger partial charge in [0.25, 0.3) is 0 Å². The van der Waals surface area contributed by atoms with E-state index in [-0.39, 0.29) is 12.1 Å². The Balaban J connectivity index is 1.65. The molecule has 0 radical (unpaired) electrons. The van der Waals surface area contributed by atoms with Gasteiger partial charge in [0.2, 0.25) is 0 Å². The van der Waals surface area contributed by atoms with Crippen LogP contribution in [0.4, 0.5) is 0 Å².